The predicted octanol–water partition coefficient (Wildman–Crippen LogP) is 5.28. The number of rotatable bonds is 7. The van der Waals surface area contributed by atoms with E-state index in [1.807, 2.05) is 30.3 Å². The van der Waals surface area contributed by atoms with Crippen molar-refractivity contribution in [3.63, 3.8) is 0 Å². The van der Waals surface area contributed by atoms with Gasteiger partial charge in [-0.05, 0) is 54.0 Å². The fourth-order valence-corrected chi connectivity index (χ4v) is 3.52. The van der Waals surface area contributed by atoms with Gasteiger partial charge >= 0.3 is 5.97 Å². The van der Waals surface area contributed by atoms with Crippen LogP contribution in [0.5, 0.6) is 5.75 Å². The Hall–Kier alpha value is -3.02. The first-order chi connectivity index (χ1) is 14.4. The van der Waals surface area contributed by atoms with Crippen LogP contribution >= 0.6 is 23.2 Å². The summed E-state index contributed by atoms with van der Waals surface area (Å²) in [7, 11) is 1.60. The third-order valence-corrected chi connectivity index (χ3v) is 5.16. The molecule has 0 bridgehead atoms. The number of carbonyl (C=O) groups is 1. The van der Waals surface area contributed by atoms with E-state index < -0.39 is 5.97 Å². The number of methoxy groups -OCH3 is 1. The maximum Gasteiger partial charge on any atom is 0.335 e. The van der Waals surface area contributed by atoms with Gasteiger partial charge in [0.25, 0.3) is 5.56 Å². The number of hydrogen-bond acceptors (Lipinski definition) is 3. The molecule has 0 saturated heterocycles. The van der Waals surface area contributed by atoms with Crippen molar-refractivity contribution in [2.24, 2.45) is 0 Å². The molecule has 1 N–H and O–H groups in total. The fraction of sp³-hybridized carbons (Fsp3) is 0.130. The van der Waals surface area contributed by atoms with Gasteiger partial charge in [-0.2, -0.15) is 0 Å². The summed E-state index contributed by atoms with van der Waals surface area (Å²) < 4.78 is 6.75. The summed E-state index contributed by atoms with van der Waals surface area (Å²) >= 11 is 12.4. The molecule has 0 aliphatic rings. The highest BCUT2D eigenvalue weighted by Gasteiger charge is 2.11. The van der Waals surface area contributed by atoms with Crippen LogP contribution in [0, 0.1) is 0 Å². The molecule has 30 heavy (non-hydrogen) atoms. The standard InChI is InChI=1S/C23H19Cl2NO4/c1-30-18-4-2-3-16(13-18)7-10-21-19(24)14-20(25)22(27)26(21)12-11-15-5-8-17(9-6-15)23(28)29/h2-10,13-14H,11-12H2,1H3,(H,28,29)/b10-7+. The molecule has 0 aliphatic carbocycles. The number of halogens is 2. The molecule has 0 amide bonds. The van der Waals surface area contributed by atoms with Crippen LogP contribution in [0.15, 0.2) is 59.4 Å². The maximum absolute atomic E-state index is 12.7. The lowest BCUT2D eigenvalue weighted by Crippen LogP contribution is -2.24. The summed E-state index contributed by atoms with van der Waals surface area (Å²) in [5.41, 5.74) is 2.20. The Morgan fingerprint density at radius 2 is 1.80 bits per heavy atom. The highest BCUT2D eigenvalue weighted by molar-refractivity contribution is 6.35. The van der Waals surface area contributed by atoms with Crippen molar-refractivity contribution in [1.82, 2.24) is 4.57 Å². The Morgan fingerprint density at radius 3 is 2.47 bits per heavy atom. The van der Waals surface area contributed by atoms with Gasteiger partial charge in [0.1, 0.15) is 10.8 Å². The molecule has 0 spiro atoms. The third-order valence-electron chi connectivity index (χ3n) is 4.59. The minimum absolute atomic E-state index is 0.0414. The van der Waals surface area contributed by atoms with E-state index in [-0.39, 0.29) is 16.1 Å². The van der Waals surface area contributed by atoms with E-state index in [0.717, 1.165) is 16.9 Å². The van der Waals surface area contributed by atoms with E-state index in [0.29, 0.717) is 23.7 Å². The number of pyridine rings is 1. The molecule has 0 fully saturated rings. The van der Waals surface area contributed by atoms with Gasteiger partial charge in [0.15, 0.2) is 0 Å². The largest absolute Gasteiger partial charge is 0.497 e. The van der Waals surface area contributed by atoms with Crippen LogP contribution in [-0.4, -0.2) is 22.8 Å². The first-order valence-electron chi connectivity index (χ1n) is 9.12. The van der Waals surface area contributed by atoms with Crippen molar-refractivity contribution in [1.29, 1.82) is 0 Å². The summed E-state index contributed by atoms with van der Waals surface area (Å²) in [4.78, 5) is 23.7. The van der Waals surface area contributed by atoms with Crippen LogP contribution in [0.3, 0.4) is 0 Å². The quantitative estimate of drug-likeness (QED) is 0.539. The van der Waals surface area contributed by atoms with Gasteiger partial charge in [-0.1, -0.05) is 53.5 Å². The number of carboxylic acids is 1. The van der Waals surface area contributed by atoms with E-state index in [9.17, 15) is 9.59 Å². The molecule has 1 heterocycles. The lowest BCUT2D eigenvalue weighted by Gasteiger charge is -2.13. The Bertz CT molecular complexity index is 1150. The van der Waals surface area contributed by atoms with Crippen LogP contribution in [0.25, 0.3) is 12.2 Å². The van der Waals surface area contributed by atoms with E-state index >= 15 is 0 Å². The van der Waals surface area contributed by atoms with Crippen LogP contribution in [-0.2, 0) is 13.0 Å². The highest BCUT2D eigenvalue weighted by atomic mass is 35.5. The van der Waals surface area contributed by atoms with E-state index in [2.05, 4.69) is 0 Å². The van der Waals surface area contributed by atoms with Gasteiger partial charge in [0.05, 0.1) is 23.4 Å². The summed E-state index contributed by atoms with van der Waals surface area (Å²) in [6.07, 6.45) is 4.12. The van der Waals surface area contributed by atoms with Crippen LogP contribution in [0.1, 0.15) is 27.2 Å². The second-order valence-electron chi connectivity index (χ2n) is 6.54. The number of benzene rings is 2. The molecule has 0 unspecified atom stereocenters. The zero-order chi connectivity index (χ0) is 21.7. The Balaban J connectivity index is 1.90. The second kappa shape index (κ2) is 9.65. The number of ether oxygens (including phenoxy) is 1. The van der Waals surface area contributed by atoms with Crippen LogP contribution < -0.4 is 10.3 Å². The van der Waals surface area contributed by atoms with Crippen molar-refractivity contribution >= 4 is 41.3 Å². The molecule has 0 radical (unpaired) electrons. The zero-order valence-electron chi connectivity index (χ0n) is 16.1. The number of hydrogen-bond donors (Lipinski definition) is 1. The number of nitrogens with zero attached hydrogens (tertiary/aromatic N) is 1. The molecule has 3 rings (SSSR count). The first-order valence-corrected chi connectivity index (χ1v) is 9.88. The van der Waals surface area contributed by atoms with E-state index in [1.165, 1.54) is 22.8 Å². The second-order valence-corrected chi connectivity index (χ2v) is 7.36. The van der Waals surface area contributed by atoms with Gasteiger partial charge in [-0.3, -0.25) is 4.79 Å². The van der Waals surface area contributed by atoms with Crippen molar-refractivity contribution in [3.8, 4) is 5.75 Å². The Labute approximate surface area is 183 Å². The molecule has 3 aromatic rings. The summed E-state index contributed by atoms with van der Waals surface area (Å²) in [5, 5.41) is 9.42. The monoisotopic (exact) mass is 443 g/mol. The van der Waals surface area contributed by atoms with Crippen LogP contribution in [0.4, 0.5) is 0 Å². The number of aryl methyl sites for hydroxylation is 1. The lowest BCUT2D eigenvalue weighted by molar-refractivity contribution is 0.0697. The molecule has 7 heteroatoms. The molecule has 0 saturated carbocycles. The normalized spacial score (nSPS) is 11.0. The zero-order valence-corrected chi connectivity index (χ0v) is 17.7. The first kappa shape index (κ1) is 21.7. The molecule has 5 nitrogen and oxygen atoms in total. The molecular formula is C23H19Cl2NO4. The summed E-state index contributed by atoms with van der Waals surface area (Å²) in [5.74, 6) is -0.258. The third kappa shape index (κ3) is 5.12. The van der Waals surface area contributed by atoms with Gasteiger partial charge in [-0.25, -0.2) is 4.79 Å². The summed E-state index contributed by atoms with van der Waals surface area (Å²) in [6, 6.07) is 15.5. The smallest absolute Gasteiger partial charge is 0.335 e. The predicted molar refractivity (Wildman–Crippen MR) is 120 cm³/mol. The molecule has 1 aromatic heterocycles. The summed E-state index contributed by atoms with van der Waals surface area (Å²) in [6.45, 7) is 0.337. The molecule has 2 aromatic carbocycles. The van der Waals surface area contributed by atoms with Gasteiger partial charge in [-0.15, -0.1) is 0 Å². The fourth-order valence-electron chi connectivity index (χ4n) is 2.98. The van der Waals surface area contributed by atoms with Gasteiger partial charge in [0.2, 0.25) is 0 Å². The van der Waals surface area contributed by atoms with Crippen molar-refractivity contribution in [2.45, 2.75) is 13.0 Å². The molecule has 0 aliphatic heterocycles. The average Bonchev–Trinajstić information content (AvgIpc) is 2.75. The van der Waals surface area contributed by atoms with Crippen LogP contribution in [0.2, 0.25) is 10.0 Å². The SMILES string of the molecule is COc1cccc(/C=C/c2c(Cl)cc(Cl)c(=O)n2CCc2ccc(C(=O)O)cc2)c1. The highest BCUT2D eigenvalue weighted by Crippen LogP contribution is 2.22. The number of aromatic nitrogens is 1. The lowest BCUT2D eigenvalue weighted by atomic mass is 10.1. The minimum Gasteiger partial charge on any atom is -0.497 e. The minimum atomic E-state index is -0.982. The van der Waals surface area contributed by atoms with Crippen molar-refractivity contribution < 1.29 is 14.6 Å². The average molecular weight is 444 g/mol. The topological polar surface area (TPSA) is 68.5 Å². The van der Waals surface area contributed by atoms with E-state index in [1.54, 1.807) is 25.3 Å². The molecule has 154 valence electrons. The Kier molecular flexibility index (Phi) is 6.98. The van der Waals surface area contributed by atoms with Gasteiger partial charge in [0, 0.05) is 6.54 Å². The molecule has 0 atom stereocenters. The van der Waals surface area contributed by atoms with Crippen molar-refractivity contribution in [2.75, 3.05) is 7.11 Å². The maximum atomic E-state index is 12.7. The molecular weight excluding hydrogens is 425 g/mol. The van der Waals surface area contributed by atoms with Crippen molar-refractivity contribution in [3.05, 3.63) is 97.4 Å². The van der Waals surface area contributed by atoms with E-state index in [4.69, 9.17) is 33.0 Å². The number of aromatic carboxylic acids is 1. The van der Waals surface area contributed by atoms with Gasteiger partial charge < -0.3 is 14.4 Å². The number of carboxylic acid groups (broad SMARTS) is 1. The Morgan fingerprint density at radius 1 is 1.07 bits per heavy atom.